The van der Waals surface area contributed by atoms with E-state index in [4.69, 9.17) is 4.74 Å². The fourth-order valence-electron chi connectivity index (χ4n) is 4.02. The van der Waals surface area contributed by atoms with Gasteiger partial charge in [-0.15, -0.1) is 0 Å². The maximum absolute atomic E-state index is 13.1. The lowest BCUT2D eigenvalue weighted by Gasteiger charge is -2.43. The average molecular weight is 363 g/mol. The van der Waals surface area contributed by atoms with Crippen molar-refractivity contribution in [2.75, 3.05) is 19.7 Å². The molecule has 0 aromatic heterocycles. The highest BCUT2D eigenvalue weighted by molar-refractivity contribution is 5.86. The van der Waals surface area contributed by atoms with Crippen LogP contribution < -0.4 is 4.74 Å². The first-order valence-electron chi connectivity index (χ1n) is 9.25. The van der Waals surface area contributed by atoms with Gasteiger partial charge in [-0.2, -0.15) is 0 Å². The maximum Gasteiger partial charge on any atom is 0.266 e. The fourth-order valence-corrected chi connectivity index (χ4v) is 4.02. The van der Waals surface area contributed by atoms with Gasteiger partial charge in [-0.05, 0) is 63.6 Å². The van der Waals surface area contributed by atoms with E-state index in [9.17, 15) is 20.1 Å². The standard InChI is InChI=1S/C20H29NO5/c1-12-13(2)17-15(14(3)16(12)23)5-6-19(4,26-17)18(24)21-9-7-20(25,11-22)8-10-21/h22-23,25H,5-11H2,1-4H3/t19-/m0/s1. The number of hydrogen-bond acceptors (Lipinski definition) is 5. The third-order valence-electron chi connectivity index (χ3n) is 6.25. The molecule has 2 aliphatic rings. The normalized spacial score (nSPS) is 24.8. The Bertz CT molecular complexity index is 736. The third kappa shape index (κ3) is 2.95. The van der Waals surface area contributed by atoms with E-state index in [1.807, 2.05) is 27.7 Å². The number of aliphatic hydroxyl groups excluding tert-OH is 1. The Morgan fingerprint density at radius 2 is 1.73 bits per heavy atom. The summed E-state index contributed by atoms with van der Waals surface area (Å²) in [6.07, 6.45) is 1.95. The van der Waals surface area contributed by atoms with Crippen molar-refractivity contribution >= 4 is 5.91 Å². The van der Waals surface area contributed by atoms with E-state index in [0.717, 1.165) is 22.3 Å². The molecule has 144 valence electrons. The summed E-state index contributed by atoms with van der Waals surface area (Å²) in [5.41, 5.74) is 1.41. The highest BCUT2D eigenvalue weighted by Crippen LogP contribution is 2.43. The Morgan fingerprint density at radius 3 is 2.31 bits per heavy atom. The van der Waals surface area contributed by atoms with Crippen molar-refractivity contribution in [3.8, 4) is 11.5 Å². The van der Waals surface area contributed by atoms with Gasteiger partial charge in [0.15, 0.2) is 5.60 Å². The van der Waals surface area contributed by atoms with E-state index in [1.165, 1.54) is 0 Å². The molecule has 2 aliphatic heterocycles. The van der Waals surface area contributed by atoms with Crippen molar-refractivity contribution in [3.05, 3.63) is 22.3 Å². The van der Waals surface area contributed by atoms with Crippen LogP contribution in [0.5, 0.6) is 11.5 Å². The quantitative estimate of drug-likeness (QED) is 0.745. The van der Waals surface area contributed by atoms with Crippen LogP contribution in [0.25, 0.3) is 0 Å². The summed E-state index contributed by atoms with van der Waals surface area (Å²) in [4.78, 5) is 14.9. The minimum Gasteiger partial charge on any atom is -0.507 e. The second-order valence-electron chi connectivity index (χ2n) is 8.04. The first-order valence-corrected chi connectivity index (χ1v) is 9.25. The minimum absolute atomic E-state index is 0.0779. The highest BCUT2D eigenvalue weighted by atomic mass is 16.5. The molecule has 6 nitrogen and oxygen atoms in total. The highest BCUT2D eigenvalue weighted by Gasteiger charge is 2.45. The maximum atomic E-state index is 13.1. The van der Waals surface area contributed by atoms with Gasteiger partial charge in [-0.3, -0.25) is 4.79 Å². The molecular formula is C20H29NO5. The number of nitrogens with zero attached hydrogens (tertiary/aromatic N) is 1. The summed E-state index contributed by atoms with van der Waals surface area (Å²) in [5.74, 6) is 0.939. The molecule has 1 aromatic rings. The summed E-state index contributed by atoms with van der Waals surface area (Å²) in [6.45, 7) is 8.01. The first-order chi connectivity index (χ1) is 12.1. The van der Waals surface area contributed by atoms with Crippen LogP contribution in [-0.2, 0) is 11.2 Å². The lowest BCUT2D eigenvalue weighted by molar-refractivity contribution is -0.153. The van der Waals surface area contributed by atoms with E-state index >= 15 is 0 Å². The van der Waals surface area contributed by atoms with Crippen molar-refractivity contribution in [2.24, 2.45) is 0 Å². The summed E-state index contributed by atoms with van der Waals surface area (Å²) in [5, 5.41) is 29.7. The predicted octanol–water partition coefficient (Wildman–Crippen LogP) is 1.75. The number of fused-ring (bicyclic) bond motifs is 1. The largest absolute Gasteiger partial charge is 0.507 e. The fraction of sp³-hybridized carbons (Fsp3) is 0.650. The molecule has 0 spiro atoms. The minimum atomic E-state index is -1.08. The molecular weight excluding hydrogens is 334 g/mol. The smallest absolute Gasteiger partial charge is 0.266 e. The molecule has 6 heteroatoms. The van der Waals surface area contributed by atoms with Crippen LogP contribution in [0.3, 0.4) is 0 Å². The molecule has 1 aromatic carbocycles. The molecule has 1 amide bonds. The van der Waals surface area contributed by atoms with Gasteiger partial charge >= 0.3 is 0 Å². The van der Waals surface area contributed by atoms with Gasteiger partial charge in [0.1, 0.15) is 11.5 Å². The number of phenols is 1. The van der Waals surface area contributed by atoms with Crippen LogP contribution in [0.1, 0.15) is 48.4 Å². The summed E-state index contributed by atoms with van der Waals surface area (Å²) < 4.78 is 6.25. The number of phenolic OH excluding ortho intramolecular Hbond substituents is 1. The van der Waals surface area contributed by atoms with E-state index < -0.39 is 11.2 Å². The molecule has 0 aliphatic carbocycles. The van der Waals surface area contributed by atoms with E-state index in [-0.39, 0.29) is 12.5 Å². The molecule has 1 fully saturated rings. The molecule has 3 N–H and O–H groups in total. The zero-order valence-electron chi connectivity index (χ0n) is 16.1. The molecule has 0 saturated carbocycles. The SMILES string of the molecule is Cc1c(C)c2c(c(C)c1O)CC[C@@](C)(C(=O)N1CCC(O)(CO)CC1)O2. The van der Waals surface area contributed by atoms with Gasteiger partial charge in [0.05, 0.1) is 12.2 Å². The number of benzene rings is 1. The van der Waals surface area contributed by atoms with Crippen molar-refractivity contribution in [3.63, 3.8) is 0 Å². The first kappa shape index (κ1) is 19.0. The Labute approximate surface area is 154 Å². The van der Waals surface area contributed by atoms with Gasteiger partial charge in [-0.25, -0.2) is 0 Å². The second-order valence-corrected chi connectivity index (χ2v) is 8.04. The molecule has 1 saturated heterocycles. The molecule has 26 heavy (non-hydrogen) atoms. The number of carbonyl (C=O) groups excluding carboxylic acids is 1. The van der Waals surface area contributed by atoms with Crippen LogP contribution in [0, 0.1) is 20.8 Å². The lowest BCUT2D eigenvalue weighted by Crippen LogP contribution is -2.57. The van der Waals surface area contributed by atoms with Gasteiger partial charge in [0.2, 0.25) is 0 Å². The van der Waals surface area contributed by atoms with E-state index in [2.05, 4.69) is 0 Å². The zero-order chi connectivity index (χ0) is 19.3. The van der Waals surface area contributed by atoms with Crippen LogP contribution in [0.4, 0.5) is 0 Å². The number of hydrogen-bond donors (Lipinski definition) is 3. The Kier molecular flexibility index (Phi) is 4.69. The second kappa shape index (κ2) is 6.43. The number of piperidine rings is 1. The van der Waals surface area contributed by atoms with Gasteiger partial charge in [-0.1, -0.05) is 0 Å². The van der Waals surface area contributed by atoms with Crippen molar-refractivity contribution in [2.45, 2.75) is 64.6 Å². The van der Waals surface area contributed by atoms with Crippen LogP contribution in [0.15, 0.2) is 0 Å². The number of carbonyl (C=O) groups is 1. The average Bonchev–Trinajstić information content (AvgIpc) is 2.64. The van der Waals surface area contributed by atoms with Crippen molar-refractivity contribution in [1.82, 2.24) is 4.90 Å². The van der Waals surface area contributed by atoms with Gasteiger partial charge in [0.25, 0.3) is 5.91 Å². The number of ether oxygens (including phenoxy) is 1. The van der Waals surface area contributed by atoms with Crippen molar-refractivity contribution in [1.29, 1.82) is 0 Å². The number of aromatic hydroxyl groups is 1. The molecule has 1 atom stereocenters. The number of aliphatic hydroxyl groups is 2. The zero-order valence-corrected chi connectivity index (χ0v) is 16.1. The summed E-state index contributed by atoms with van der Waals surface area (Å²) >= 11 is 0. The Hall–Kier alpha value is -1.79. The van der Waals surface area contributed by atoms with Gasteiger partial charge in [0, 0.05) is 25.1 Å². The molecule has 0 unspecified atom stereocenters. The molecule has 2 heterocycles. The Morgan fingerprint density at radius 1 is 1.12 bits per heavy atom. The molecule has 0 bridgehead atoms. The number of rotatable bonds is 2. The lowest BCUT2D eigenvalue weighted by atomic mass is 9.85. The van der Waals surface area contributed by atoms with Gasteiger partial charge < -0.3 is 25.0 Å². The van der Waals surface area contributed by atoms with Crippen LogP contribution in [-0.4, -0.2) is 57.0 Å². The number of amides is 1. The summed E-state index contributed by atoms with van der Waals surface area (Å²) in [6, 6.07) is 0. The predicted molar refractivity (Wildman–Crippen MR) is 97.5 cm³/mol. The topological polar surface area (TPSA) is 90.2 Å². The Balaban J connectivity index is 1.84. The number of likely N-dealkylation sites (tertiary alicyclic amines) is 1. The third-order valence-corrected chi connectivity index (χ3v) is 6.25. The van der Waals surface area contributed by atoms with E-state index in [0.29, 0.717) is 50.3 Å². The van der Waals surface area contributed by atoms with E-state index in [1.54, 1.807) is 4.90 Å². The monoisotopic (exact) mass is 363 g/mol. The molecule has 3 rings (SSSR count). The summed E-state index contributed by atoms with van der Waals surface area (Å²) in [7, 11) is 0. The molecule has 0 radical (unpaired) electrons. The van der Waals surface area contributed by atoms with Crippen LogP contribution >= 0.6 is 0 Å². The van der Waals surface area contributed by atoms with Crippen LogP contribution in [0.2, 0.25) is 0 Å². The van der Waals surface area contributed by atoms with Crippen molar-refractivity contribution < 1.29 is 24.9 Å².